The van der Waals surface area contributed by atoms with E-state index in [1.165, 1.54) is 30.6 Å². The number of nitrogens with one attached hydrogen (secondary N) is 1. The predicted molar refractivity (Wildman–Crippen MR) is 92.2 cm³/mol. The third-order valence-electron chi connectivity index (χ3n) is 3.98. The first-order valence-electron chi connectivity index (χ1n) is 8.04. The number of ether oxygens (including phenoxy) is 1. The summed E-state index contributed by atoms with van der Waals surface area (Å²) in [6.07, 6.45) is 4.79. The molecule has 120 valence electrons. The van der Waals surface area contributed by atoms with Crippen LogP contribution >= 0.6 is 11.3 Å². The number of fused-ring (bicyclic) bond motifs is 1. The molecule has 0 radical (unpaired) electrons. The van der Waals surface area contributed by atoms with Gasteiger partial charge >= 0.3 is 0 Å². The summed E-state index contributed by atoms with van der Waals surface area (Å²) in [6, 6.07) is 5.93. The molecule has 1 unspecified atom stereocenters. The highest BCUT2D eigenvalue weighted by Crippen LogP contribution is 2.34. The van der Waals surface area contributed by atoms with Gasteiger partial charge < -0.3 is 9.94 Å². The van der Waals surface area contributed by atoms with Gasteiger partial charge in [-0.2, -0.15) is 4.98 Å². The normalized spacial score (nSPS) is 21.5. The van der Waals surface area contributed by atoms with Crippen molar-refractivity contribution in [2.24, 2.45) is 0 Å². The second-order valence-corrected chi connectivity index (χ2v) is 6.82. The number of hydrogen-bond acceptors (Lipinski definition) is 5. The number of quaternary nitrogens is 1. The van der Waals surface area contributed by atoms with Gasteiger partial charge in [-0.1, -0.05) is 37.5 Å². The van der Waals surface area contributed by atoms with Crippen LogP contribution in [0, 0.1) is 5.21 Å². The van der Waals surface area contributed by atoms with Crippen LogP contribution in [0.4, 0.5) is 5.13 Å². The van der Waals surface area contributed by atoms with E-state index in [1.807, 2.05) is 18.2 Å². The van der Waals surface area contributed by atoms with Crippen LogP contribution < -0.4 is 14.7 Å². The van der Waals surface area contributed by atoms with Gasteiger partial charge in [0.2, 0.25) is 0 Å². The van der Waals surface area contributed by atoms with Crippen molar-refractivity contribution in [3.8, 4) is 5.75 Å². The van der Waals surface area contributed by atoms with Gasteiger partial charge in [0.1, 0.15) is 12.4 Å². The van der Waals surface area contributed by atoms with E-state index in [1.54, 1.807) is 0 Å². The fourth-order valence-electron chi connectivity index (χ4n) is 2.64. The lowest BCUT2D eigenvalue weighted by molar-refractivity contribution is 0.305. The molecule has 0 aliphatic carbocycles. The number of benzene rings is 1. The van der Waals surface area contributed by atoms with Crippen LogP contribution in [0.1, 0.15) is 32.6 Å². The molecular formula is C16H23N3O2S. The SMILES string of the molecule is CCCCCCOc1ccc2sc([N+]3([O-])CCNC3)nc2c1. The third kappa shape index (κ3) is 3.41. The Bertz CT molecular complexity index is 623. The van der Waals surface area contributed by atoms with Crippen molar-refractivity contribution in [3.63, 3.8) is 0 Å². The highest BCUT2D eigenvalue weighted by Gasteiger charge is 2.28. The summed E-state index contributed by atoms with van der Waals surface area (Å²) in [6.45, 7) is 4.68. The van der Waals surface area contributed by atoms with E-state index >= 15 is 0 Å². The van der Waals surface area contributed by atoms with E-state index in [2.05, 4.69) is 17.2 Å². The summed E-state index contributed by atoms with van der Waals surface area (Å²) >= 11 is 1.49. The average molecular weight is 321 g/mol. The van der Waals surface area contributed by atoms with Gasteiger partial charge in [0.05, 0.1) is 29.9 Å². The molecule has 5 nitrogen and oxygen atoms in total. The Morgan fingerprint density at radius 2 is 2.27 bits per heavy atom. The van der Waals surface area contributed by atoms with E-state index < -0.39 is 0 Å². The molecular weight excluding hydrogens is 298 g/mol. The first-order chi connectivity index (χ1) is 10.7. The molecule has 1 saturated heterocycles. The number of thiazole rings is 1. The molecule has 6 heteroatoms. The third-order valence-corrected chi connectivity index (χ3v) is 5.15. The molecule has 1 aromatic heterocycles. The molecule has 1 fully saturated rings. The number of hydrogen-bond donors (Lipinski definition) is 1. The van der Waals surface area contributed by atoms with E-state index in [9.17, 15) is 5.21 Å². The largest absolute Gasteiger partial charge is 0.625 e. The summed E-state index contributed by atoms with van der Waals surface area (Å²) in [4.78, 5) is 4.54. The lowest BCUT2D eigenvalue weighted by Crippen LogP contribution is -2.41. The Hall–Kier alpha value is -1.21. The number of aromatic nitrogens is 1. The van der Waals surface area contributed by atoms with E-state index in [0.29, 0.717) is 18.3 Å². The van der Waals surface area contributed by atoms with Crippen LogP contribution in [0.5, 0.6) is 5.75 Å². The molecule has 0 bridgehead atoms. The molecule has 22 heavy (non-hydrogen) atoms. The Labute approximate surface area is 135 Å². The number of hydroxylamine groups is 2. The van der Waals surface area contributed by atoms with Crippen LogP contribution in [0.2, 0.25) is 0 Å². The fourth-order valence-corrected chi connectivity index (χ4v) is 3.65. The zero-order chi connectivity index (χ0) is 15.4. The topological polar surface area (TPSA) is 57.2 Å². The van der Waals surface area contributed by atoms with Crippen molar-refractivity contribution in [3.05, 3.63) is 23.4 Å². The summed E-state index contributed by atoms with van der Waals surface area (Å²) in [5.41, 5.74) is 0.867. The fraction of sp³-hybridized carbons (Fsp3) is 0.562. The predicted octanol–water partition coefficient (Wildman–Crippen LogP) is 3.62. The first-order valence-corrected chi connectivity index (χ1v) is 8.86. The van der Waals surface area contributed by atoms with Crippen LogP contribution in [0.3, 0.4) is 0 Å². The van der Waals surface area contributed by atoms with Crippen LogP contribution in [-0.2, 0) is 0 Å². The quantitative estimate of drug-likeness (QED) is 0.481. The molecule has 0 amide bonds. The molecule has 0 spiro atoms. The summed E-state index contributed by atoms with van der Waals surface area (Å²) in [5.74, 6) is 0.845. The standard InChI is InChI=1S/C16H23N3O2S/c1-2-3-4-5-10-21-13-6-7-15-14(11-13)18-16(22-15)19(20)9-8-17-12-19/h6-7,11,17H,2-5,8-10,12H2,1H3. The summed E-state index contributed by atoms with van der Waals surface area (Å²) < 4.78 is 6.48. The highest BCUT2D eigenvalue weighted by atomic mass is 32.1. The molecule has 1 atom stereocenters. The minimum atomic E-state index is -0.355. The minimum Gasteiger partial charge on any atom is -0.625 e. The highest BCUT2D eigenvalue weighted by molar-refractivity contribution is 7.22. The molecule has 3 rings (SSSR count). The minimum absolute atomic E-state index is 0.355. The molecule has 1 aromatic carbocycles. The van der Waals surface area contributed by atoms with Gasteiger partial charge in [0.25, 0.3) is 5.13 Å². The van der Waals surface area contributed by atoms with Gasteiger partial charge in [-0.15, -0.1) is 0 Å². The molecule has 1 N–H and O–H groups in total. The second kappa shape index (κ2) is 6.91. The van der Waals surface area contributed by atoms with Gasteiger partial charge in [0.15, 0.2) is 0 Å². The Morgan fingerprint density at radius 1 is 1.36 bits per heavy atom. The zero-order valence-corrected chi connectivity index (χ0v) is 13.8. The smallest absolute Gasteiger partial charge is 0.288 e. The maximum atomic E-state index is 12.6. The molecule has 2 aromatic rings. The maximum Gasteiger partial charge on any atom is 0.288 e. The first kappa shape index (κ1) is 15.7. The van der Waals surface area contributed by atoms with Gasteiger partial charge in [-0.3, -0.25) is 9.96 Å². The van der Waals surface area contributed by atoms with Crippen molar-refractivity contribution in [1.29, 1.82) is 0 Å². The summed E-state index contributed by atoms with van der Waals surface area (Å²) in [7, 11) is 0. The Kier molecular flexibility index (Phi) is 4.93. The van der Waals surface area contributed by atoms with Gasteiger partial charge in [0, 0.05) is 6.07 Å². The lowest BCUT2D eigenvalue weighted by Gasteiger charge is -2.33. The number of nitrogens with zero attached hydrogens (tertiary/aromatic N) is 2. The molecule has 1 aliphatic heterocycles. The monoisotopic (exact) mass is 321 g/mol. The Morgan fingerprint density at radius 3 is 3.05 bits per heavy atom. The number of rotatable bonds is 7. The Balaban J connectivity index is 1.68. The van der Waals surface area contributed by atoms with E-state index in [0.717, 1.165) is 35.5 Å². The van der Waals surface area contributed by atoms with Gasteiger partial charge in [-0.05, 0) is 18.6 Å². The van der Waals surface area contributed by atoms with Gasteiger partial charge in [-0.25, -0.2) is 0 Å². The van der Waals surface area contributed by atoms with Crippen molar-refractivity contribution in [2.75, 3.05) is 26.4 Å². The molecule has 1 aliphatic rings. The van der Waals surface area contributed by atoms with Crippen molar-refractivity contribution >= 4 is 26.7 Å². The average Bonchev–Trinajstić information content (AvgIpc) is 3.14. The maximum absolute atomic E-state index is 12.6. The van der Waals surface area contributed by atoms with E-state index in [-0.39, 0.29) is 4.65 Å². The van der Waals surface area contributed by atoms with Crippen molar-refractivity contribution in [1.82, 2.24) is 14.9 Å². The number of unbranched alkanes of at least 4 members (excludes halogenated alkanes) is 3. The van der Waals surface area contributed by atoms with Crippen LogP contribution in [-0.4, -0.2) is 31.3 Å². The lowest BCUT2D eigenvalue weighted by atomic mass is 10.2. The zero-order valence-electron chi connectivity index (χ0n) is 13.0. The second-order valence-electron chi connectivity index (χ2n) is 5.81. The van der Waals surface area contributed by atoms with E-state index in [4.69, 9.17) is 4.74 Å². The van der Waals surface area contributed by atoms with Crippen molar-refractivity contribution in [2.45, 2.75) is 32.6 Å². The van der Waals surface area contributed by atoms with Crippen molar-refractivity contribution < 1.29 is 4.74 Å². The molecule has 0 saturated carbocycles. The van der Waals surface area contributed by atoms with Crippen LogP contribution in [0.15, 0.2) is 18.2 Å². The van der Waals surface area contributed by atoms with Crippen LogP contribution in [0.25, 0.3) is 10.2 Å². The molecule has 2 heterocycles. The summed E-state index contributed by atoms with van der Waals surface area (Å²) in [5, 5.41) is 16.4.